The summed E-state index contributed by atoms with van der Waals surface area (Å²) in [5, 5.41) is 9.53. The second kappa shape index (κ2) is 3.36. The summed E-state index contributed by atoms with van der Waals surface area (Å²) in [5.74, 6) is 0. The van der Waals surface area contributed by atoms with E-state index in [2.05, 4.69) is 0 Å². The van der Waals surface area contributed by atoms with Crippen molar-refractivity contribution in [2.75, 3.05) is 0 Å². The molecule has 0 radical (unpaired) electrons. The fourth-order valence-electron chi connectivity index (χ4n) is 1.60. The van der Waals surface area contributed by atoms with Gasteiger partial charge in [0, 0.05) is 0 Å². The summed E-state index contributed by atoms with van der Waals surface area (Å²) in [7, 11) is 0. The zero-order valence-electron chi connectivity index (χ0n) is 6.50. The Balaban J connectivity index is 2.43. The molecule has 1 aliphatic heterocycles. The van der Waals surface area contributed by atoms with Crippen LogP contribution in [0.15, 0.2) is 18.2 Å². The van der Waals surface area contributed by atoms with Gasteiger partial charge in [0.25, 0.3) is 0 Å². The molecule has 0 atom stereocenters. The zero-order valence-corrected chi connectivity index (χ0v) is 8.65. The minimum absolute atomic E-state index is 0.296. The Hall–Kier alpha value is -0.0651. The van der Waals surface area contributed by atoms with Gasteiger partial charge in [0.15, 0.2) is 0 Å². The van der Waals surface area contributed by atoms with E-state index >= 15 is 0 Å². The first-order valence-corrected chi connectivity index (χ1v) is 5.95. The molecule has 2 rings (SSSR count). The first kappa shape index (κ1) is 8.53. The van der Waals surface area contributed by atoms with Gasteiger partial charge in [-0.1, -0.05) is 0 Å². The topological polar surface area (TPSA) is 40.5 Å². The van der Waals surface area contributed by atoms with E-state index in [4.69, 9.17) is 3.44 Å². The molecule has 1 aromatic rings. The van der Waals surface area contributed by atoms with Crippen molar-refractivity contribution >= 4 is 12.4 Å². The molecule has 0 amide bonds. The van der Waals surface area contributed by atoms with E-state index in [1.54, 1.807) is 0 Å². The van der Waals surface area contributed by atoms with Crippen LogP contribution in [0, 0.1) is 3.57 Å². The molecule has 0 saturated heterocycles. The summed E-state index contributed by atoms with van der Waals surface area (Å²) in [5.41, 5.74) is 2.27. The number of hydrogen-bond acceptors (Lipinski definition) is 2. The monoisotopic (exact) mass is 275 g/mol. The van der Waals surface area contributed by atoms with Crippen LogP contribution >= 0.6 is 0 Å². The summed E-state index contributed by atoms with van der Waals surface area (Å²) in [6.07, 6.45) is 1.81. The standard InChI is InChI=1S/C8H9BIO2/c11-9-4-3-6-1-2-7(10-12)5-8(6)9/h1-2,5,11-12H,3-4H2/q-1. The fraction of sp³-hybridized carbons (Fsp3) is 0.250. The van der Waals surface area contributed by atoms with Gasteiger partial charge in [-0.15, -0.1) is 0 Å². The third-order valence-electron chi connectivity index (χ3n) is 2.25. The molecule has 2 nitrogen and oxygen atoms in total. The van der Waals surface area contributed by atoms with E-state index in [1.807, 2.05) is 18.2 Å². The third kappa shape index (κ3) is 1.38. The maximum absolute atomic E-state index is 9.53. The fourth-order valence-corrected chi connectivity index (χ4v) is 2.42. The Morgan fingerprint density at radius 1 is 1.42 bits per heavy atom. The number of benzene rings is 1. The minimum atomic E-state index is -0.829. The van der Waals surface area contributed by atoms with Gasteiger partial charge in [-0.25, -0.2) is 0 Å². The quantitative estimate of drug-likeness (QED) is 0.414. The molecule has 1 heterocycles. The Kier molecular flexibility index (Phi) is 2.39. The summed E-state index contributed by atoms with van der Waals surface area (Å²) < 4.78 is 9.98. The van der Waals surface area contributed by atoms with E-state index in [1.165, 1.54) is 5.56 Å². The average Bonchev–Trinajstić information content (AvgIpc) is 2.47. The Bertz CT molecular complexity index is 303. The first-order chi connectivity index (χ1) is 5.81. The van der Waals surface area contributed by atoms with Crippen LogP contribution in [0.25, 0.3) is 0 Å². The molecular formula is C8H9BIO2-. The molecule has 4 heteroatoms. The molecule has 1 aromatic carbocycles. The van der Waals surface area contributed by atoms with E-state index in [-0.39, 0.29) is 6.92 Å². The molecule has 0 saturated carbocycles. The van der Waals surface area contributed by atoms with Crippen molar-refractivity contribution in [1.29, 1.82) is 0 Å². The SMILES string of the molecule is O[I-]c1ccc2c(c1)B(O)CC2. The Morgan fingerprint density at radius 2 is 2.25 bits per heavy atom. The molecule has 1 aliphatic rings. The number of halogens is 1. The Labute approximate surface area is 82.5 Å². The molecule has 12 heavy (non-hydrogen) atoms. The summed E-state index contributed by atoms with van der Waals surface area (Å²) in [6.45, 7) is -0.296. The number of hydrogen-bond donors (Lipinski definition) is 2. The van der Waals surface area contributed by atoms with Crippen LogP contribution in [0.4, 0.5) is 0 Å². The molecule has 0 aliphatic carbocycles. The number of fused-ring (bicyclic) bond motifs is 1. The van der Waals surface area contributed by atoms with E-state index < -0.39 is 21.6 Å². The number of aryl methyl sites for hydroxylation is 1. The van der Waals surface area contributed by atoms with Crippen molar-refractivity contribution in [3.05, 3.63) is 27.3 Å². The molecule has 0 unspecified atom stereocenters. The Morgan fingerprint density at radius 3 is 3.00 bits per heavy atom. The van der Waals surface area contributed by atoms with E-state index in [9.17, 15) is 5.02 Å². The summed E-state index contributed by atoms with van der Waals surface area (Å²) >= 11 is -0.829. The van der Waals surface area contributed by atoms with Crippen molar-refractivity contribution < 1.29 is 30.1 Å². The van der Waals surface area contributed by atoms with Gasteiger partial charge in [-0.05, 0) is 0 Å². The molecule has 2 N–H and O–H groups in total. The van der Waals surface area contributed by atoms with Gasteiger partial charge in [0.05, 0.1) is 0 Å². The average molecular weight is 275 g/mol. The molecule has 64 valence electrons. The van der Waals surface area contributed by atoms with Crippen molar-refractivity contribution in [3.8, 4) is 0 Å². The van der Waals surface area contributed by atoms with Crippen molar-refractivity contribution in [3.63, 3.8) is 0 Å². The van der Waals surface area contributed by atoms with Crippen LogP contribution in [-0.2, 0) is 6.42 Å². The molecule has 0 fully saturated rings. The summed E-state index contributed by atoms with van der Waals surface area (Å²) in [6, 6.07) is 5.93. The van der Waals surface area contributed by atoms with E-state index in [0.717, 1.165) is 21.8 Å². The predicted molar refractivity (Wildman–Crippen MR) is 43.5 cm³/mol. The maximum atomic E-state index is 9.53. The van der Waals surface area contributed by atoms with Gasteiger partial charge in [0.2, 0.25) is 0 Å². The normalized spacial score (nSPS) is 15.3. The molecule has 0 spiro atoms. The first-order valence-electron chi connectivity index (χ1n) is 3.90. The zero-order chi connectivity index (χ0) is 8.55. The van der Waals surface area contributed by atoms with Crippen molar-refractivity contribution in [2.24, 2.45) is 0 Å². The summed E-state index contributed by atoms with van der Waals surface area (Å²) in [4.78, 5) is 0. The second-order valence-electron chi connectivity index (χ2n) is 2.98. The van der Waals surface area contributed by atoms with Gasteiger partial charge >= 0.3 is 82.5 Å². The number of rotatable bonds is 1. The van der Waals surface area contributed by atoms with Crippen molar-refractivity contribution in [1.82, 2.24) is 0 Å². The molecule has 0 aromatic heterocycles. The van der Waals surface area contributed by atoms with Crippen LogP contribution in [-0.4, -0.2) is 15.4 Å². The molecule has 0 bridgehead atoms. The van der Waals surface area contributed by atoms with Crippen molar-refractivity contribution in [2.45, 2.75) is 12.7 Å². The van der Waals surface area contributed by atoms with E-state index in [0.29, 0.717) is 0 Å². The van der Waals surface area contributed by atoms with Gasteiger partial charge in [0.1, 0.15) is 0 Å². The molecular weight excluding hydrogens is 266 g/mol. The van der Waals surface area contributed by atoms with Crippen LogP contribution in [0.1, 0.15) is 5.56 Å². The van der Waals surface area contributed by atoms with Crippen LogP contribution in [0.5, 0.6) is 0 Å². The van der Waals surface area contributed by atoms with Crippen LogP contribution in [0.2, 0.25) is 6.32 Å². The second-order valence-corrected chi connectivity index (χ2v) is 4.71. The van der Waals surface area contributed by atoms with Crippen LogP contribution in [0.3, 0.4) is 0 Å². The van der Waals surface area contributed by atoms with Crippen LogP contribution < -0.4 is 27.1 Å². The predicted octanol–water partition coefficient (Wildman–Crippen LogP) is -3.40. The van der Waals surface area contributed by atoms with Gasteiger partial charge in [-0.3, -0.25) is 0 Å². The van der Waals surface area contributed by atoms with Gasteiger partial charge < -0.3 is 0 Å². The van der Waals surface area contributed by atoms with Gasteiger partial charge in [-0.2, -0.15) is 0 Å². The third-order valence-corrected chi connectivity index (χ3v) is 3.48.